The second kappa shape index (κ2) is 17.1. The molecule has 0 saturated heterocycles. The number of anilines is 1. The lowest BCUT2D eigenvalue weighted by atomic mass is 9.92. The number of rotatable bonds is 15. The maximum Gasteiger partial charge on any atom is 0.326 e. The molecule has 4 aromatic carbocycles. The van der Waals surface area contributed by atoms with E-state index in [2.05, 4.69) is 35.9 Å². The molecule has 4 atom stereocenters. The van der Waals surface area contributed by atoms with Crippen molar-refractivity contribution in [2.45, 2.75) is 56.4 Å². The highest BCUT2D eigenvalue weighted by molar-refractivity contribution is 5.88. The predicted molar refractivity (Wildman–Crippen MR) is 210 cm³/mol. The molecule has 1 aliphatic heterocycles. The van der Waals surface area contributed by atoms with Crippen molar-refractivity contribution in [2.24, 2.45) is 0 Å². The number of carbonyl (C=O) groups excluding carboxylic acids is 2. The summed E-state index contributed by atoms with van der Waals surface area (Å²) >= 11 is 0. The number of nitrogens with one attached hydrogen (secondary N) is 5. The van der Waals surface area contributed by atoms with Gasteiger partial charge in [-0.3, -0.25) is 19.4 Å². The second-order valence-corrected chi connectivity index (χ2v) is 13.9. The van der Waals surface area contributed by atoms with E-state index in [9.17, 15) is 29.4 Å². The molecule has 14 heteroatoms. The van der Waals surface area contributed by atoms with Crippen LogP contribution in [-0.2, 0) is 46.6 Å². The van der Waals surface area contributed by atoms with Crippen molar-refractivity contribution in [2.75, 3.05) is 11.9 Å². The molecule has 0 radical (unpaired) electrons. The summed E-state index contributed by atoms with van der Waals surface area (Å²) in [5, 5.41) is 29.4. The van der Waals surface area contributed by atoms with Gasteiger partial charge in [-0.25, -0.2) is 9.78 Å². The van der Waals surface area contributed by atoms with E-state index >= 15 is 0 Å². The highest BCUT2D eigenvalue weighted by Gasteiger charge is 2.35. The van der Waals surface area contributed by atoms with Gasteiger partial charge in [-0.2, -0.15) is 4.98 Å². The average Bonchev–Trinajstić information content (AvgIpc) is 3.69. The van der Waals surface area contributed by atoms with Crippen molar-refractivity contribution in [1.29, 1.82) is 0 Å². The molecule has 7 N–H and O–H groups in total. The quantitative estimate of drug-likeness (QED) is 0.0815. The van der Waals surface area contributed by atoms with Gasteiger partial charge < -0.3 is 36.0 Å². The third kappa shape index (κ3) is 9.10. The summed E-state index contributed by atoms with van der Waals surface area (Å²) in [6.45, 7) is 0.493. The van der Waals surface area contributed by atoms with Gasteiger partial charge in [-0.15, -0.1) is 0 Å². The third-order valence-corrected chi connectivity index (χ3v) is 10.0. The fraction of sp³-hybridized carbons (Fsp3) is 0.238. The summed E-state index contributed by atoms with van der Waals surface area (Å²) in [4.78, 5) is 69.8. The maximum atomic E-state index is 14.9. The number of amides is 2. The molecule has 1 unspecified atom stereocenters. The van der Waals surface area contributed by atoms with Gasteiger partial charge in [0.05, 0.1) is 12.4 Å². The summed E-state index contributed by atoms with van der Waals surface area (Å²) in [7, 11) is 0. The molecule has 0 saturated carbocycles. The highest BCUT2D eigenvalue weighted by atomic mass is 16.4. The monoisotopic (exact) mass is 754 g/mol. The zero-order valence-electron chi connectivity index (χ0n) is 30.4. The van der Waals surface area contributed by atoms with E-state index in [1.54, 1.807) is 29.2 Å². The van der Waals surface area contributed by atoms with Gasteiger partial charge in [0.15, 0.2) is 11.2 Å². The van der Waals surface area contributed by atoms with Gasteiger partial charge in [0.1, 0.15) is 17.8 Å². The van der Waals surface area contributed by atoms with Crippen LogP contribution < -0.4 is 21.5 Å². The third-order valence-electron chi connectivity index (χ3n) is 10.0. The molecule has 0 spiro atoms. The van der Waals surface area contributed by atoms with E-state index in [0.717, 1.165) is 27.8 Å². The fourth-order valence-electron chi connectivity index (χ4n) is 7.08. The summed E-state index contributed by atoms with van der Waals surface area (Å²) in [5.41, 5.74) is 4.42. The number of aromatic nitrogens is 4. The Morgan fingerprint density at radius 2 is 1.39 bits per heavy atom. The molecule has 3 heterocycles. The lowest BCUT2D eigenvalue weighted by Crippen LogP contribution is -2.57. The van der Waals surface area contributed by atoms with Gasteiger partial charge in [0.25, 0.3) is 5.56 Å². The molecule has 0 aliphatic carbocycles. The Bertz CT molecular complexity index is 2350. The number of H-pyrrole nitrogens is 2. The minimum absolute atomic E-state index is 0.0712. The normalized spacial score (nSPS) is 15.4. The molecular formula is C42H42N8O6. The number of fused-ring (bicyclic) bond motifs is 2. The van der Waals surface area contributed by atoms with Crippen LogP contribution in [-0.4, -0.2) is 83.5 Å². The topological polar surface area (TPSA) is 205 Å². The number of nitrogens with zero attached hydrogens (tertiary/aromatic N) is 3. The molecule has 0 fully saturated rings. The van der Waals surface area contributed by atoms with E-state index in [0.29, 0.717) is 6.42 Å². The number of imidazole rings is 1. The number of aliphatic carboxylic acids is 1. The van der Waals surface area contributed by atoms with Crippen LogP contribution in [0.2, 0.25) is 0 Å². The van der Waals surface area contributed by atoms with E-state index in [1.165, 1.54) is 6.33 Å². The Morgan fingerprint density at radius 1 is 0.786 bits per heavy atom. The SMILES string of the molecule is O=C(O)[C@H](Cc1ccccc1)NC(=O)[C@H](Cc1ccccc1)NCC1Cc2ccccc2CN1C(=O)[C@H](Cc1ccc(O)cc1)Nc1nc2nc[nH]c2c(=O)[nH]1. The summed E-state index contributed by atoms with van der Waals surface area (Å²) in [5.74, 6) is -1.73. The first-order valence-electron chi connectivity index (χ1n) is 18.4. The van der Waals surface area contributed by atoms with Crippen LogP contribution in [0.25, 0.3) is 11.2 Å². The zero-order chi connectivity index (χ0) is 39.0. The number of carboxylic acid groups (broad SMARTS) is 1. The van der Waals surface area contributed by atoms with E-state index in [4.69, 9.17) is 0 Å². The Morgan fingerprint density at radius 3 is 2.07 bits per heavy atom. The first-order chi connectivity index (χ1) is 27.2. The first-order valence-corrected chi connectivity index (χ1v) is 18.4. The van der Waals surface area contributed by atoms with E-state index < -0.39 is 41.6 Å². The number of carbonyl (C=O) groups is 3. The van der Waals surface area contributed by atoms with Crippen molar-refractivity contribution in [3.05, 3.63) is 154 Å². The molecule has 286 valence electrons. The van der Waals surface area contributed by atoms with Crippen LogP contribution in [0.4, 0.5) is 5.95 Å². The molecule has 6 aromatic rings. The van der Waals surface area contributed by atoms with Crippen LogP contribution in [0.5, 0.6) is 5.75 Å². The highest BCUT2D eigenvalue weighted by Crippen LogP contribution is 2.26. The number of aromatic hydroxyl groups is 1. The predicted octanol–water partition coefficient (Wildman–Crippen LogP) is 3.34. The van der Waals surface area contributed by atoms with Gasteiger partial charge in [-0.1, -0.05) is 97.1 Å². The standard InChI is InChI=1S/C42H42N8O6/c51-32-17-15-28(16-18-32)20-34(47-42-48-37-36(39(53)49-42)44-25-45-37)40(54)50-24-30-14-8-7-13-29(30)22-31(50)23-43-33(19-26-9-3-1-4-10-26)38(52)46-35(41(55)56)21-27-11-5-2-6-12-27/h1-18,25,31,33-35,43,51H,19-24H2,(H,46,52)(H,55,56)(H3,44,45,47,48,49,53)/t31?,33-,34-,35-/m0/s1. The van der Waals surface area contributed by atoms with Crippen molar-refractivity contribution in [3.63, 3.8) is 0 Å². The van der Waals surface area contributed by atoms with Gasteiger partial charge in [-0.05, 0) is 52.8 Å². The Hall–Kier alpha value is -6.80. The maximum absolute atomic E-state index is 14.9. The molecule has 1 aliphatic rings. The molecular weight excluding hydrogens is 713 g/mol. The Balaban J connectivity index is 1.17. The second-order valence-electron chi connectivity index (χ2n) is 13.9. The zero-order valence-corrected chi connectivity index (χ0v) is 30.4. The van der Waals surface area contributed by atoms with Gasteiger partial charge in [0, 0.05) is 32.0 Å². The van der Waals surface area contributed by atoms with Crippen molar-refractivity contribution < 1.29 is 24.6 Å². The number of phenols is 1. The summed E-state index contributed by atoms with van der Waals surface area (Å²) in [6, 6.07) is 29.7. The number of phenolic OH excluding ortho intramolecular Hbond substituents is 1. The van der Waals surface area contributed by atoms with Crippen LogP contribution >= 0.6 is 0 Å². The van der Waals surface area contributed by atoms with Crippen LogP contribution in [0.15, 0.2) is 120 Å². The van der Waals surface area contributed by atoms with Crippen molar-refractivity contribution >= 4 is 34.9 Å². The summed E-state index contributed by atoms with van der Waals surface area (Å²) < 4.78 is 0. The number of hydrogen-bond donors (Lipinski definition) is 7. The number of carboxylic acids is 1. The van der Waals surface area contributed by atoms with Crippen LogP contribution in [0.1, 0.15) is 27.8 Å². The molecule has 56 heavy (non-hydrogen) atoms. The van der Waals surface area contributed by atoms with Crippen molar-refractivity contribution in [1.82, 2.24) is 35.5 Å². The largest absolute Gasteiger partial charge is 0.508 e. The molecule has 14 nitrogen and oxygen atoms in total. The Labute approximate surface area is 322 Å². The average molecular weight is 755 g/mol. The van der Waals surface area contributed by atoms with E-state index in [-0.39, 0.29) is 61.1 Å². The van der Waals surface area contributed by atoms with E-state index in [1.807, 2.05) is 84.9 Å². The smallest absolute Gasteiger partial charge is 0.326 e. The van der Waals surface area contributed by atoms with Gasteiger partial charge in [0.2, 0.25) is 17.8 Å². The minimum Gasteiger partial charge on any atom is -0.508 e. The number of hydrogen-bond acceptors (Lipinski definition) is 9. The Kier molecular flexibility index (Phi) is 11.5. The fourth-order valence-corrected chi connectivity index (χ4v) is 7.08. The first kappa shape index (κ1) is 37.5. The van der Waals surface area contributed by atoms with Gasteiger partial charge >= 0.3 is 5.97 Å². The van der Waals surface area contributed by atoms with Crippen LogP contribution in [0.3, 0.4) is 0 Å². The number of aromatic amines is 2. The lowest BCUT2D eigenvalue weighted by Gasteiger charge is -2.40. The number of benzene rings is 4. The lowest BCUT2D eigenvalue weighted by molar-refractivity contribution is -0.142. The minimum atomic E-state index is -1.16. The van der Waals surface area contributed by atoms with Crippen LogP contribution in [0, 0.1) is 0 Å². The molecule has 2 aromatic heterocycles. The van der Waals surface area contributed by atoms with Crippen molar-refractivity contribution in [3.8, 4) is 5.75 Å². The molecule has 0 bridgehead atoms. The summed E-state index contributed by atoms with van der Waals surface area (Å²) in [6.07, 6.45) is 2.44. The molecule has 2 amide bonds. The molecule has 7 rings (SSSR count).